The highest BCUT2D eigenvalue weighted by Crippen LogP contribution is 2.23. The highest BCUT2D eigenvalue weighted by atomic mass is 32.1. The fourth-order valence-electron chi connectivity index (χ4n) is 2.38. The van der Waals surface area contributed by atoms with Gasteiger partial charge in [-0.3, -0.25) is 4.90 Å². The molecule has 1 aromatic heterocycles. The van der Waals surface area contributed by atoms with Crippen molar-refractivity contribution in [3.8, 4) is 5.75 Å². The van der Waals surface area contributed by atoms with Crippen LogP contribution in [-0.4, -0.2) is 48.9 Å². The molecule has 1 aromatic carbocycles. The second-order valence-electron chi connectivity index (χ2n) is 5.84. The molecular formula is C19H25NO4S. The van der Waals surface area contributed by atoms with Crippen molar-refractivity contribution < 1.29 is 19.4 Å². The zero-order valence-electron chi connectivity index (χ0n) is 14.8. The van der Waals surface area contributed by atoms with Crippen LogP contribution in [0, 0.1) is 0 Å². The topological polar surface area (TPSA) is 59.0 Å². The van der Waals surface area contributed by atoms with E-state index in [0.29, 0.717) is 24.5 Å². The predicted octanol–water partition coefficient (Wildman–Crippen LogP) is 3.36. The van der Waals surface area contributed by atoms with Gasteiger partial charge in [0.1, 0.15) is 18.5 Å². The highest BCUT2D eigenvalue weighted by Gasteiger charge is 2.16. The Bertz CT molecular complexity index is 642. The summed E-state index contributed by atoms with van der Waals surface area (Å²) < 4.78 is 10.5. The average molecular weight is 363 g/mol. The zero-order chi connectivity index (χ0) is 18.2. The minimum absolute atomic E-state index is 0.195. The van der Waals surface area contributed by atoms with Crippen LogP contribution in [0.1, 0.15) is 35.1 Å². The van der Waals surface area contributed by atoms with E-state index in [1.165, 1.54) is 4.88 Å². The third kappa shape index (κ3) is 5.85. The number of benzene rings is 1. The first-order chi connectivity index (χ1) is 12.0. The number of likely N-dealkylation sites (N-methyl/N-ethyl adjacent to an activating group) is 1. The summed E-state index contributed by atoms with van der Waals surface area (Å²) in [5.74, 6) is 0.263. The number of carbonyl (C=O) groups excluding carboxylic acids is 1. The Morgan fingerprint density at radius 1 is 1.28 bits per heavy atom. The minimum Gasteiger partial charge on any atom is -0.491 e. The number of nitrogens with zero attached hydrogens (tertiary/aromatic N) is 1. The average Bonchev–Trinajstić information content (AvgIpc) is 3.14. The van der Waals surface area contributed by atoms with Gasteiger partial charge in [0.2, 0.25) is 0 Å². The van der Waals surface area contributed by atoms with Gasteiger partial charge in [-0.05, 0) is 56.6 Å². The fraction of sp³-hybridized carbons (Fsp3) is 0.421. The summed E-state index contributed by atoms with van der Waals surface area (Å²) in [5, 5.41) is 12.3. The summed E-state index contributed by atoms with van der Waals surface area (Å²) in [5.41, 5.74) is 0.485. The smallest absolute Gasteiger partial charge is 0.338 e. The first-order valence-electron chi connectivity index (χ1n) is 8.33. The molecule has 0 aliphatic rings. The van der Waals surface area contributed by atoms with E-state index in [1.54, 1.807) is 42.5 Å². The van der Waals surface area contributed by atoms with Gasteiger partial charge in [0.15, 0.2) is 0 Å². The predicted molar refractivity (Wildman–Crippen MR) is 99.3 cm³/mol. The number of aliphatic hydroxyl groups is 1. The molecule has 6 heteroatoms. The lowest BCUT2D eigenvalue weighted by Crippen LogP contribution is -2.34. The quantitative estimate of drug-likeness (QED) is 0.692. The Morgan fingerprint density at radius 3 is 2.60 bits per heavy atom. The summed E-state index contributed by atoms with van der Waals surface area (Å²) in [6.07, 6.45) is -0.600. The van der Waals surface area contributed by atoms with E-state index in [2.05, 4.69) is 23.3 Å². The molecule has 1 heterocycles. The van der Waals surface area contributed by atoms with Gasteiger partial charge in [0.05, 0.1) is 12.2 Å². The van der Waals surface area contributed by atoms with E-state index >= 15 is 0 Å². The van der Waals surface area contributed by atoms with Crippen LogP contribution >= 0.6 is 11.3 Å². The molecule has 1 N–H and O–H groups in total. The third-order valence-electron chi connectivity index (χ3n) is 3.92. The summed E-state index contributed by atoms with van der Waals surface area (Å²) >= 11 is 1.71. The number of thiophene rings is 1. The molecule has 136 valence electrons. The van der Waals surface area contributed by atoms with Gasteiger partial charge in [-0.1, -0.05) is 6.07 Å². The Kier molecular flexibility index (Phi) is 7.43. The molecule has 5 nitrogen and oxygen atoms in total. The molecule has 2 unspecified atom stereocenters. The normalized spacial score (nSPS) is 13.5. The van der Waals surface area contributed by atoms with Crippen molar-refractivity contribution in [1.82, 2.24) is 4.90 Å². The van der Waals surface area contributed by atoms with Crippen LogP contribution in [0.3, 0.4) is 0 Å². The molecule has 0 radical (unpaired) electrons. The van der Waals surface area contributed by atoms with Gasteiger partial charge in [0, 0.05) is 17.5 Å². The maximum Gasteiger partial charge on any atom is 0.338 e. The van der Waals surface area contributed by atoms with Gasteiger partial charge in [0.25, 0.3) is 0 Å². The van der Waals surface area contributed by atoms with E-state index in [1.807, 2.05) is 13.1 Å². The van der Waals surface area contributed by atoms with E-state index in [4.69, 9.17) is 9.47 Å². The summed E-state index contributed by atoms with van der Waals surface area (Å²) in [4.78, 5) is 15.0. The Morgan fingerprint density at radius 2 is 2.00 bits per heavy atom. The summed E-state index contributed by atoms with van der Waals surface area (Å²) in [6.45, 7) is 4.95. The third-order valence-corrected chi connectivity index (χ3v) is 4.97. The number of hydrogen-bond acceptors (Lipinski definition) is 6. The van der Waals surface area contributed by atoms with Crippen LogP contribution in [-0.2, 0) is 4.74 Å². The summed E-state index contributed by atoms with van der Waals surface area (Å²) in [6, 6.07) is 11.1. The Balaban J connectivity index is 1.79. The van der Waals surface area contributed by atoms with Crippen molar-refractivity contribution in [1.29, 1.82) is 0 Å². The number of hydrogen-bond donors (Lipinski definition) is 1. The highest BCUT2D eigenvalue weighted by molar-refractivity contribution is 7.10. The molecule has 0 aliphatic heterocycles. The van der Waals surface area contributed by atoms with E-state index in [9.17, 15) is 9.90 Å². The Hall–Kier alpha value is -1.89. The van der Waals surface area contributed by atoms with Gasteiger partial charge < -0.3 is 14.6 Å². The lowest BCUT2D eigenvalue weighted by atomic mass is 10.2. The van der Waals surface area contributed by atoms with Crippen LogP contribution in [0.2, 0.25) is 0 Å². The second-order valence-corrected chi connectivity index (χ2v) is 6.82. The molecule has 0 saturated carbocycles. The van der Waals surface area contributed by atoms with Crippen molar-refractivity contribution >= 4 is 17.3 Å². The first kappa shape index (κ1) is 19.4. The van der Waals surface area contributed by atoms with Crippen molar-refractivity contribution in [2.45, 2.75) is 26.0 Å². The fourth-order valence-corrected chi connectivity index (χ4v) is 3.23. The van der Waals surface area contributed by atoms with Crippen LogP contribution in [0.25, 0.3) is 0 Å². The van der Waals surface area contributed by atoms with Crippen LogP contribution in [0.4, 0.5) is 0 Å². The Labute approximate surface area is 152 Å². The first-order valence-corrected chi connectivity index (χ1v) is 9.21. The maximum absolute atomic E-state index is 11.6. The number of esters is 1. The molecule has 0 aliphatic carbocycles. The van der Waals surface area contributed by atoms with E-state index in [0.717, 1.165) is 0 Å². The van der Waals surface area contributed by atoms with Crippen molar-refractivity contribution in [3.05, 3.63) is 52.2 Å². The molecule has 2 atom stereocenters. The number of aliphatic hydroxyl groups excluding tert-OH is 1. The maximum atomic E-state index is 11.6. The number of ether oxygens (including phenoxy) is 2. The molecule has 0 spiro atoms. The molecule has 2 rings (SSSR count). The molecule has 0 saturated heterocycles. The van der Waals surface area contributed by atoms with E-state index < -0.39 is 6.10 Å². The molecule has 25 heavy (non-hydrogen) atoms. The number of carbonyl (C=O) groups is 1. The monoisotopic (exact) mass is 363 g/mol. The number of rotatable bonds is 9. The van der Waals surface area contributed by atoms with Crippen molar-refractivity contribution in [2.24, 2.45) is 0 Å². The lowest BCUT2D eigenvalue weighted by Gasteiger charge is -2.26. The standard InChI is InChI=1S/C19H25NO4S/c1-4-23-19(22)15-7-9-17(10-8-15)24-13-16(21)12-20(3)14(2)18-6-5-11-25-18/h5-11,14,16,21H,4,12-13H2,1-3H3. The van der Waals surface area contributed by atoms with Gasteiger partial charge in [-0.15, -0.1) is 11.3 Å². The SMILES string of the molecule is CCOC(=O)c1ccc(OCC(O)CN(C)C(C)c2cccs2)cc1. The molecule has 2 aromatic rings. The zero-order valence-corrected chi connectivity index (χ0v) is 15.7. The molecule has 0 fully saturated rings. The molecule has 0 bridgehead atoms. The van der Waals surface area contributed by atoms with E-state index in [-0.39, 0.29) is 18.6 Å². The molecular weight excluding hydrogens is 338 g/mol. The second kappa shape index (κ2) is 9.56. The van der Waals surface area contributed by atoms with Crippen molar-refractivity contribution in [2.75, 3.05) is 26.8 Å². The van der Waals surface area contributed by atoms with Crippen molar-refractivity contribution in [3.63, 3.8) is 0 Å². The minimum atomic E-state index is -0.600. The van der Waals surface area contributed by atoms with Gasteiger partial charge >= 0.3 is 5.97 Å². The van der Waals surface area contributed by atoms with Crippen LogP contribution < -0.4 is 4.74 Å². The summed E-state index contributed by atoms with van der Waals surface area (Å²) in [7, 11) is 1.99. The molecule has 0 amide bonds. The van der Waals surface area contributed by atoms with Gasteiger partial charge in [-0.2, -0.15) is 0 Å². The lowest BCUT2D eigenvalue weighted by molar-refractivity contribution is 0.0525. The van der Waals surface area contributed by atoms with Crippen LogP contribution in [0.15, 0.2) is 41.8 Å². The van der Waals surface area contributed by atoms with Gasteiger partial charge in [-0.25, -0.2) is 4.79 Å². The van der Waals surface area contributed by atoms with Crippen LogP contribution in [0.5, 0.6) is 5.75 Å². The largest absolute Gasteiger partial charge is 0.491 e.